The summed E-state index contributed by atoms with van der Waals surface area (Å²) >= 11 is 0. The van der Waals surface area contributed by atoms with Crippen LogP contribution >= 0.6 is 0 Å². The first-order chi connectivity index (χ1) is 12.5. The Morgan fingerprint density at radius 3 is 2.22 bits per heavy atom. The van der Waals surface area contributed by atoms with Crippen LogP contribution in [-0.4, -0.2) is 46.3 Å². The molecule has 27 heavy (non-hydrogen) atoms. The molecular formula is C20H35NO6. The van der Waals surface area contributed by atoms with Gasteiger partial charge in [0.05, 0.1) is 30.4 Å². The number of aliphatic carboxylic acids is 1. The second kappa shape index (κ2) is 10.1. The molecule has 0 spiro atoms. The lowest BCUT2D eigenvalue weighted by atomic mass is 9.75. The molecule has 0 heterocycles. The van der Waals surface area contributed by atoms with Crippen LogP contribution in [0.1, 0.15) is 79.1 Å². The molecule has 156 valence electrons. The van der Waals surface area contributed by atoms with Crippen LogP contribution in [0.15, 0.2) is 0 Å². The number of amides is 1. The number of hydrogen-bond donors (Lipinski definition) is 3. The van der Waals surface area contributed by atoms with Crippen molar-refractivity contribution in [3.05, 3.63) is 0 Å². The Kier molecular flexibility index (Phi) is 8.72. The van der Waals surface area contributed by atoms with Gasteiger partial charge in [0.2, 0.25) is 5.91 Å². The van der Waals surface area contributed by atoms with Crippen LogP contribution in [0, 0.1) is 11.3 Å². The largest absolute Gasteiger partial charge is 0.481 e. The van der Waals surface area contributed by atoms with Gasteiger partial charge < -0.3 is 20.3 Å². The van der Waals surface area contributed by atoms with Gasteiger partial charge in [-0.3, -0.25) is 14.4 Å². The van der Waals surface area contributed by atoms with E-state index in [4.69, 9.17) is 9.84 Å². The van der Waals surface area contributed by atoms with E-state index >= 15 is 0 Å². The summed E-state index contributed by atoms with van der Waals surface area (Å²) in [5.74, 6) is -1.99. The SMILES string of the molecule is CCC[C@H](CC1(C(=O)N[C@H](CO)CC(=O)O)CCCC1)C(=O)OC(C)(C)C. The molecular weight excluding hydrogens is 350 g/mol. The molecule has 0 radical (unpaired) electrons. The third-order valence-electron chi connectivity index (χ3n) is 5.03. The normalized spacial score (nSPS) is 18.6. The number of esters is 1. The summed E-state index contributed by atoms with van der Waals surface area (Å²) in [7, 11) is 0. The molecule has 0 unspecified atom stereocenters. The van der Waals surface area contributed by atoms with Crippen LogP contribution in [0.5, 0.6) is 0 Å². The highest BCUT2D eigenvalue weighted by molar-refractivity contribution is 5.85. The second-order valence-corrected chi connectivity index (χ2v) is 8.66. The van der Waals surface area contributed by atoms with Crippen molar-refractivity contribution >= 4 is 17.8 Å². The summed E-state index contributed by atoms with van der Waals surface area (Å²) in [6.45, 7) is 7.03. The van der Waals surface area contributed by atoms with E-state index in [1.54, 1.807) is 0 Å². The fourth-order valence-electron chi connectivity index (χ4n) is 3.79. The Hall–Kier alpha value is -1.63. The summed E-state index contributed by atoms with van der Waals surface area (Å²) in [6, 6.07) is -0.821. The Morgan fingerprint density at radius 2 is 1.78 bits per heavy atom. The van der Waals surface area contributed by atoms with Crippen LogP contribution in [0.2, 0.25) is 0 Å². The molecule has 3 N–H and O–H groups in total. The van der Waals surface area contributed by atoms with Gasteiger partial charge in [0.25, 0.3) is 0 Å². The highest BCUT2D eigenvalue weighted by Gasteiger charge is 2.45. The van der Waals surface area contributed by atoms with Crippen molar-refractivity contribution in [1.82, 2.24) is 5.32 Å². The third kappa shape index (κ3) is 7.48. The predicted octanol–water partition coefficient (Wildman–Crippen LogP) is 2.65. The average molecular weight is 386 g/mol. The molecule has 2 atom stereocenters. The number of aliphatic hydroxyl groups is 1. The third-order valence-corrected chi connectivity index (χ3v) is 5.03. The number of carbonyl (C=O) groups excluding carboxylic acids is 2. The number of carboxylic acids is 1. The first-order valence-corrected chi connectivity index (χ1v) is 9.89. The number of hydrogen-bond acceptors (Lipinski definition) is 5. The minimum Gasteiger partial charge on any atom is -0.481 e. The number of ether oxygens (including phenoxy) is 1. The van der Waals surface area contributed by atoms with Crippen LogP contribution in [-0.2, 0) is 19.1 Å². The van der Waals surface area contributed by atoms with Crippen molar-refractivity contribution in [1.29, 1.82) is 0 Å². The molecule has 7 nitrogen and oxygen atoms in total. The summed E-state index contributed by atoms with van der Waals surface area (Å²) in [6.07, 6.45) is 4.62. The van der Waals surface area contributed by atoms with Crippen molar-refractivity contribution < 1.29 is 29.3 Å². The summed E-state index contributed by atoms with van der Waals surface area (Å²) < 4.78 is 5.55. The quantitative estimate of drug-likeness (QED) is 0.498. The van der Waals surface area contributed by atoms with E-state index in [2.05, 4.69) is 5.32 Å². The highest BCUT2D eigenvalue weighted by atomic mass is 16.6. The second-order valence-electron chi connectivity index (χ2n) is 8.66. The van der Waals surface area contributed by atoms with Crippen LogP contribution in [0.3, 0.4) is 0 Å². The Balaban J connectivity index is 2.94. The standard InChI is InChI=1S/C20H35NO6/c1-5-8-14(17(25)27-19(2,3)4)12-20(9-6-7-10-20)18(26)21-15(13-22)11-16(23)24/h14-15,22H,5-13H2,1-4H3,(H,21,26)(H,23,24)/t14-,15+/m1/s1. The van der Waals surface area contributed by atoms with E-state index in [9.17, 15) is 19.5 Å². The summed E-state index contributed by atoms with van der Waals surface area (Å²) in [5, 5.41) is 21.0. The van der Waals surface area contributed by atoms with E-state index in [1.807, 2.05) is 27.7 Å². The van der Waals surface area contributed by atoms with Gasteiger partial charge in [-0.25, -0.2) is 0 Å². The van der Waals surface area contributed by atoms with Gasteiger partial charge in [0.15, 0.2) is 0 Å². The lowest BCUT2D eigenvalue weighted by Crippen LogP contribution is -2.48. The predicted molar refractivity (Wildman–Crippen MR) is 101 cm³/mol. The number of aliphatic hydroxyl groups excluding tert-OH is 1. The highest BCUT2D eigenvalue weighted by Crippen LogP contribution is 2.44. The number of rotatable bonds is 10. The average Bonchev–Trinajstić information content (AvgIpc) is 3.01. The van der Waals surface area contributed by atoms with Crippen molar-refractivity contribution in [2.24, 2.45) is 11.3 Å². The van der Waals surface area contributed by atoms with E-state index in [1.165, 1.54) is 0 Å². The smallest absolute Gasteiger partial charge is 0.309 e. The van der Waals surface area contributed by atoms with Crippen LogP contribution in [0.25, 0.3) is 0 Å². The molecule has 0 saturated heterocycles. The molecule has 1 aliphatic carbocycles. The topological polar surface area (TPSA) is 113 Å². The maximum absolute atomic E-state index is 13.0. The minimum absolute atomic E-state index is 0.259. The van der Waals surface area contributed by atoms with Crippen LogP contribution < -0.4 is 5.32 Å². The summed E-state index contributed by atoms with van der Waals surface area (Å²) in [4.78, 5) is 36.6. The zero-order chi connectivity index (χ0) is 20.7. The Morgan fingerprint density at radius 1 is 1.19 bits per heavy atom. The van der Waals surface area contributed by atoms with Crippen molar-refractivity contribution in [2.75, 3.05) is 6.61 Å². The van der Waals surface area contributed by atoms with Gasteiger partial charge in [-0.15, -0.1) is 0 Å². The molecule has 7 heteroatoms. The maximum Gasteiger partial charge on any atom is 0.309 e. The molecule has 0 aliphatic heterocycles. The molecule has 1 aliphatic rings. The molecule has 0 aromatic heterocycles. The maximum atomic E-state index is 13.0. The van der Waals surface area contributed by atoms with E-state index < -0.39 is 29.6 Å². The minimum atomic E-state index is -1.08. The monoisotopic (exact) mass is 385 g/mol. The van der Waals surface area contributed by atoms with E-state index in [0.29, 0.717) is 25.7 Å². The van der Waals surface area contributed by atoms with E-state index in [-0.39, 0.29) is 24.2 Å². The van der Waals surface area contributed by atoms with Crippen molar-refractivity contribution in [2.45, 2.75) is 90.7 Å². The van der Waals surface area contributed by atoms with Crippen LogP contribution in [0.4, 0.5) is 0 Å². The molecule has 0 bridgehead atoms. The van der Waals surface area contributed by atoms with Gasteiger partial charge in [-0.1, -0.05) is 26.2 Å². The number of carboxylic acid groups (broad SMARTS) is 1. The molecule has 1 rings (SSSR count). The zero-order valence-electron chi connectivity index (χ0n) is 17.0. The molecule has 1 fully saturated rings. The summed E-state index contributed by atoms with van der Waals surface area (Å²) in [5.41, 5.74) is -1.29. The molecule has 0 aromatic carbocycles. The van der Waals surface area contributed by atoms with Gasteiger partial charge in [0, 0.05) is 0 Å². The fourth-order valence-corrected chi connectivity index (χ4v) is 3.79. The Bertz CT molecular complexity index is 519. The number of carbonyl (C=O) groups is 3. The lowest BCUT2D eigenvalue weighted by Gasteiger charge is -2.33. The first kappa shape index (κ1) is 23.4. The molecule has 1 amide bonds. The van der Waals surface area contributed by atoms with Gasteiger partial charge >= 0.3 is 11.9 Å². The number of nitrogens with one attached hydrogen (secondary N) is 1. The lowest BCUT2D eigenvalue weighted by molar-refractivity contribution is -0.162. The van der Waals surface area contributed by atoms with Crippen molar-refractivity contribution in [3.63, 3.8) is 0 Å². The van der Waals surface area contributed by atoms with Gasteiger partial charge in [0.1, 0.15) is 5.60 Å². The Labute approximate surface area is 161 Å². The zero-order valence-corrected chi connectivity index (χ0v) is 17.0. The van der Waals surface area contributed by atoms with Gasteiger partial charge in [-0.2, -0.15) is 0 Å². The van der Waals surface area contributed by atoms with Crippen molar-refractivity contribution in [3.8, 4) is 0 Å². The first-order valence-electron chi connectivity index (χ1n) is 9.89. The molecule has 1 saturated carbocycles. The van der Waals surface area contributed by atoms with Gasteiger partial charge in [-0.05, 0) is 46.5 Å². The molecule has 0 aromatic rings. The fraction of sp³-hybridized carbons (Fsp3) is 0.850. The van der Waals surface area contributed by atoms with E-state index in [0.717, 1.165) is 19.3 Å².